The summed E-state index contributed by atoms with van der Waals surface area (Å²) in [5.74, 6) is 0. The van der Waals surface area contributed by atoms with Crippen LogP contribution in [0.15, 0.2) is 24.3 Å². The maximum atomic E-state index is 9.54. The second-order valence-electron chi connectivity index (χ2n) is 4.04. The molecule has 0 spiro atoms. The number of rotatable bonds is 3. The van der Waals surface area contributed by atoms with Gasteiger partial charge < -0.3 is 10.4 Å². The maximum Gasteiger partial charge on any atom is 0.0628 e. The average molecular weight is 369 g/mol. The van der Waals surface area contributed by atoms with Crippen LogP contribution in [0.2, 0.25) is 0 Å². The fourth-order valence-electron chi connectivity index (χ4n) is 2.11. The largest absolute Gasteiger partial charge is 0.394 e. The highest BCUT2D eigenvalue weighted by Crippen LogP contribution is 2.21. The average Bonchev–Trinajstić information content (AvgIpc) is 2.34. The molecule has 2 rings (SSSR count). The third kappa shape index (κ3) is 4.06. The van der Waals surface area contributed by atoms with Crippen molar-refractivity contribution < 1.29 is 5.11 Å². The number of aliphatic hydroxyl groups is 1. The van der Waals surface area contributed by atoms with E-state index in [0.717, 1.165) is 26.2 Å². The number of piperazine rings is 1. The zero-order chi connectivity index (χ0) is 11.4. The number of halogens is 2. The summed E-state index contributed by atoms with van der Waals surface area (Å²) in [5, 5.41) is 12.9. The number of nitrogens with one attached hydrogen (secondary N) is 1. The molecule has 0 amide bonds. The third-order valence-electron chi connectivity index (χ3n) is 3.02. The first-order valence-electron chi connectivity index (χ1n) is 5.62. The lowest BCUT2D eigenvalue weighted by Crippen LogP contribution is -2.46. The summed E-state index contributed by atoms with van der Waals surface area (Å²) in [5.41, 5.74) is 1.21. The Bertz CT molecular complexity index is 328. The van der Waals surface area contributed by atoms with Gasteiger partial charge in [0.25, 0.3) is 0 Å². The van der Waals surface area contributed by atoms with Gasteiger partial charge in [-0.3, -0.25) is 4.90 Å². The van der Waals surface area contributed by atoms with Crippen LogP contribution in [0.3, 0.4) is 0 Å². The van der Waals surface area contributed by atoms with E-state index in [4.69, 9.17) is 0 Å². The molecule has 0 aromatic heterocycles. The topological polar surface area (TPSA) is 35.5 Å². The summed E-state index contributed by atoms with van der Waals surface area (Å²) in [4.78, 5) is 2.35. The van der Waals surface area contributed by atoms with Crippen LogP contribution in [0.25, 0.3) is 0 Å². The molecule has 1 aromatic carbocycles. The van der Waals surface area contributed by atoms with Gasteiger partial charge in [-0.05, 0) is 40.3 Å². The van der Waals surface area contributed by atoms with Crippen molar-refractivity contribution in [1.82, 2.24) is 10.2 Å². The molecule has 3 nitrogen and oxygen atoms in total. The van der Waals surface area contributed by atoms with E-state index in [1.54, 1.807) is 0 Å². The second kappa shape index (κ2) is 7.53. The molecule has 17 heavy (non-hydrogen) atoms. The van der Waals surface area contributed by atoms with Gasteiger partial charge in [-0.2, -0.15) is 0 Å². The van der Waals surface area contributed by atoms with E-state index in [9.17, 15) is 5.11 Å². The van der Waals surface area contributed by atoms with Gasteiger partial charge in [-0.1, -0.05) is 12.1 Å². The number of benzene rings is 1. The lowest BCUT2D eigenvalue weighted by Gasteiger charge is -2.34. The third-order valence-corrected chi connectivity index (χ3v) is 3.74. The van der Waals surface area contributed by atoms with E-state index in [-0.39, 0.29) is 25.1 Å². The molecule has 0 bridgehead atoms. The van der Waals surface area contributed by atoms with Crippen molar-refractivity contribution in [2.24, 2.45) is 0 Å². The Hall–Kier alpha value is 0.120. The monoisotopic (exact) mass is 368 g/mol. The number of hydrogen-bond acceptors (Lipinski definition) is 3. The molecule has 96 valence electrons. The van der Waals surface area contributed by atoms with Crippen molar-refractivity contribution in [2.45, 2.75) is 6.04 Å². The fraction of sp³-hybridized carbons (Fsp3) is 0.500. The quantitative estimate of drug-likeness (QED) is 0.797. The van der Waals surface area contributed by atoms with Crippen LogP contribution in [0, 0.1) is 3.57 Å². The second-order valence-corrected chi connectivity index (χ2v) is 5.28. The Balaban J connectivity index is 0.00000144. The SMILES string of the molecule is Cl.OC[C@@H](c1ccc(I)cc1)N1CCNCC1. The van der Waals surface area contributed by atoms with Gasteiger partial charge in [0.15, 0.2) is 0 Å². The standard InChI is InChI=1S/C12H17IN2O.ClH/c13-11-3-1-10(2-4-11)12(9-16)15-7-5-14-6-8-15;/h1-4,12,14,16H,5-9H2;1H/t12-;/m0./s1. The molecule has 1 fully saturated rings. The lowest BCUT2D eigenvalue weighted by molar-refractivity contribution is 0.111. The van der Waals surface area contributed by atoms with Gasteiger partial charge in [-0.25, -0.2) is 0 Å². The molecular weight excluding hydrogens is 351 g/mol. The number of nitrogens with zero attached hydrogens (tertiary/aromatic N) is 1. The van der Waals surface area contributed by atoms with Gasteiger partial charge in [0.1, 0.15) is 0 Å². The Morgan fingerprint density at radius 1 is 1.24 bits per heavy atom. The molecule has 0 aliphatic carbocycles. The first-order chi connectivity index (χ1) is 7.81. The van der Waals surface area contributed by atoms with Crippen molar-refractivity contribution in [2.75, 3.05) is 32.8 Å². The van der Waals surface area contributed by atoms with Gasteiger partial charge in [-0.15, -0.1) is 12.4 Å². The number of aliphatic hydroxyl groups excluding tert-OH is 1. The highest BCUT2D eigenvalue weighted by Gasteiger charge is 2.20. The predicted octanol–water partition coefficient (Wildman–Crippen LogP) is 1.65. The lowest BCUT2D eigenvalue weighted by atomic mass is 10.1. The normalized spacial score (nSPS) is 18.5. The molecule has 0 unspecified atom stereocenters. The van der Waals surface area contributed by atoms with Crippen LogP contribution in [-0.2, 0) is 0 Å². The van der Waals surface area contributed by atoms with Crippen LogP contribution in [0.4, 0.5) is 0 Å². The fourth-order valence-corrected chi connectivity index (χ4v) is 2.47. The van der Waals surface area contributed by atoms with E-state index in [2.05, 4.69) is 57.1 Å². The Morgan fingerprint density at radius 2 is 1.82 bits per heavy atom. The molecule has 1 atom stereocenters. The molecule has 1 heterocycles. The zero-order valence-electron chi connectivity index (χ0n) is 9.60. The zero-order valence-corrected chi connectivity index (χ0v) is 12.6. The van der Waals surface area contributed by atoms with E-state index in [1.807, 2.05) is 0 Å². The summed E-state index contributed by atoms with van der Waals surface area (Å²) < 4.78 is 1.23. The van der Waals surface area contributed by atoms with Gasteiger partial charge >= 0.3 is 0 Å². The minimum absolute atomic E-state index is 0. The molecule has 1 aromatic rings. The van der Waals surface area contributed by atoms with E-state index in [0.29, 0.717) is 0 Å². The van der Waals surface area contributed by atoms with Crippen molar-refractivity contribution >= 4 is 35.0 Å². The molecule has 0 saturated carbocycles. The Labute approximate surface area is 122 Å². The minimum Gasteiger partial charge on any atom is -0.394 e. The van der Waals surface area contributed by atoms with E-state index in [1.165, 1.54) is 9.13 Å². The van der Waals surface area contributed by atoms with Crippen LogP contribution >= 0.6 is 35.0 Å². The highest BCUT2D eigenvalue weighted by atomic mass is 127. The summed E-state index contributed by atoms with van der Waals surface area (Å²) in [6.45, 7) is 4.25. The van der Waals surface area contributed by atoms with Crippen molar-refractivity contribution in [3.8, 4) is 0 Å². The molecule has 1 saturated heterocycles. The molecular formula is C12H18ClIN2O. The van der Waals surface area contributed by atoms with Crippen LogP contribution in [0.5, 0.6) is 0 Å². The van der Waals surface area contributed by atoms with Gasteiger partial charge in [0, 0.05) is 29.7 Å². The minimum atomic E-state index is 0. The van der Waals surface area contributed by atoms with E-state index >= 15 is 0 Å². The summed E-state index contributed by atoms with van der Waals surface area (Å²) in [6.07, 6.45) is 0. The summed E-state index contributed by atoms with van der Waals surface area (Å²) >= 11 is 2.30. The van der Waals surface area contributed by atoms with Crippen molar-refractivity contribution in [3.05, 3.63) is 33.4 Å². The first kappa shape index (κ1) is 15.2. The molecule has 2 N–H and O–H groups in total. The Morgan fingerprint density at radius 3 is 2.35 bits per heavy atom. The van der Waals surface area contributed by atoms with Gasteiger partial charge in [0.2, 0.25) is 0 Å². The highest BCUT2D eigenvalue weighted by molar-refractivity contribution is 14.1. The van der Waals surface area contributed by atoms with E-state index < -0.39 is 0 Å². The summed E-state index contributed by atoms with van der Waals surface area (Å²) in [6, 6.07) is 8.58. The van der Waals surface area contributed by atoms with Crippen molar-refractivity contribution in [1.29, 1.82) is 0 Å². The number of hydrogen-bond donors (Lipinski definition) is 2. The molecule has 5 heteroatoms. The Kier molecular flexibility index (Phi) is 6.72. The van der Waals surface area contributed by atoms with Crippen molar-refractivity contribution in [3.63, 3.8) is 0 Å². The van der Waals surface area contributed by atoms with Gasteiger partial charge in [0.05, 0.1) is 12.6 Å². The van der Waals surface area contributed by atoms with Crippen LogP contribution in [-0.4, -0.2) is 42.8 Å². The van der Waals surface area contributed by atoms with Crippen LogP contribution in [0.1, 0.15) is 11.6 Å². The molecule has 1 aliphatic heterocycles. The predicted molar refractivity (Wildman–Crippen MR) is 80.7 cm³/mol. The maximum absolute atomic E-state index is 9.54. The smallest absolute Gasteiger partial charge is 0.0628 e. The molecule has 0 radical (unpaired) electrons. The molecule has 1 aliphatic rings. The van der Waals surface area contributed by atoms with Crippen LogP contribution < -0.4 is 5.32 Å². The summed E-state index contributed by atoms with van der Waals surface area (Å²) in [7, 11) is 0. The first-order valence-corrected chi connectivity index (χ1v) is 6.70.